The molecule has 8 heteroatoms. The fraction of sp³-hybridized carbons (Fsp3) is 0.444. The van der Waals surface area contributed by atoms with Gasteiger partial charge in [-0.15, -0.1) is 12.4 Å². The molecule has 5 nitrogen and oxygen atoms in total. The van der Waals surface area contributed by atoms with E-state index in [0.717, 1.165) is 5.57 Å². The Labute approximate surface area is 170 Å². The Hall–Kier alpha value is -1.21. The molecule has 2 rings (SSSR count). The molecule has 0 bridgehead atoms. The van der Waals surface area contributed by atoms with E-state index in [9.17, 15) is 9.59 Å². The standard InChI is InChI=1S/C18H22ClNO4S.ClH/c1-3-24-16(21)10-12-11-20(9-8-15(12)25)17(18(22)23-2)13-6-4-5-7-14(13)19;/h4-7,10,15,17,25H,3,8-9,11H2,1-2H3;1H. The molecule has 2 atom stereocenters. The smallest absolute Gasteiger partial charge is 0.330 e. The van der Waals surface area contributed by atoms with Crippen molar-refractivity contribution in [1.82, 2.24) is 4.90 Å². The van der Waals surface area contributed by atoms with E-state index >= 15 is 0 Å². The predicted molar refractivity (Wildman–Crippen MR) is 107 cm³/mol. The number of hydrogen-bond acceptors (Lipinski definition) is 6. The Kier molecular flexibility index (Phi) is 9.50. The van der Waals surface area contributed by atoms with E-state index in [2.05, 4.69) is 12.6 Å². The third-order valence-electron chi connectivity index (χ3n) is 4.08. The highest BCUT2D eigenvalue weighted by atomic mass is 35.5. The lowest BCUT2D eigenvalue weighted by atomic mass is 9.98. The van der Waals surface area contributed by atoms with Gasteiger partial charge in [-0.2, -0.15) is 12.6 Å². The molecule has 0 radical (unpaired) electrons. The van der Waals surface area contributed by atoms with Crippen LogP contribution in [0, 0.1) is 0 Å². The van der Waals surface area contributed by atoms with Gasteiger partial charge in [0.15, 0.2) is 0 Å². The number of nitrogens with zero attached hydrogens (tertiary/aromatic N) is 1. The molecule has 1 heterocycles. The highest BCUT2D eigenvalue weighted by Crippen LogP contribution is 2.33. The summed E-state index contributed by atoms with van der Waals surface area (Å²) in [6.07, 6.45) is 2.17. The van der Waals surface area contributed by atoms with Gasteiger partial charge in [0.1, 0.15) is 6.04 Å². The van der Waals surface area contributed by atoms with Gasteiger partial charge in [-0.05, 0) is 30.5 Å². The normalized spacial score (nSPS) is 20.2. The van der Waals surface area contributed by atoms with Crippen LogP contribution >= 0.6 is 36.6 Å². The first-order valence-electron chi connectivity index (χ1n) is 8.09. The summed E-state index contributed by atoms with van der Waals surface area (Å²) in [5.74, 6) is -0.785. The van der Waals surface area contributed by atoms with E-state index in [0.29, 0.717) is 36.7 Å². The first kappa shape index (κ1) is 22.8. The maximum absolute atomic E-state index is 12.4. The summed E-state index contributed by atoms with van der Waals surface area (Å²) in [5, 5.41) is 0.451. The minimum atomic E-state index is -0.634. The molecule has 0 spiro atoms. The van der Waals surface area contributed by atoms with Crippen molar-refractivity contribution in [3.63, 3.8) is 0 Å². The second-order valence-corrected chi connectivity index (χ2v) is 6.72. The van der Waals surface area contributed by atoms with E-state index in [1.165, 1.54) is 13.2 Å². The van der Waals surface area contributed by atoms with Crippen molar-refractivity contribution in [2.24, 2.45) is 0 Å². The van der Waals surface area contributed by atoms with Crippen molar-refractivity contribution in [3.8, 4) is 0 Å². The van der Waals surface area contributed by atoms with Crippen molar-refractivity contribution in [3.05, 3.63) is 46.5 Å². The summed E-state index contributed by atoms with van der Waals surface area (Å²) in [6, 6.07) is 6.56. The summed E-state index contributed by atoms with van der Waals surface area (Å²) in [7, 11) is 1.35. The van der Waals surface area contributed by atoms with Gasteiger partial charge in [0.2, 0.25) is 0 Å². The molecule has 0 aromatic heterocycles. The molecule has 144 valence electrons. The average Bonchev–Trinajstić information content (AvgIpc) is 2.59. The van der Waals surface area contributed by atoms with Crippen LogP contribution in [0.15, 0.2) is 35.9 Å². The number of esters is 2. The number of carbonyl (C=O) groups excluding carboxylic acids is 2. The van der Waals surface area contributed by atoms with Gasteiger partial charge in [0.25, 0.3) is 0 Å². The van der Waals surface area contributed by atoms with Gasteiger partial charge in [-0.3, -0.25) is 4.90 Å². The van der Waals surface area contributed by atoms with Gasteiger partial charge >= 0.3 is 11.9 Å². The molecule has 0 saturated carbocycles. The number of rotatable bonds is 5. The van der Waals surface area contributed by atoms with Gasteiger partial charge < -0.3 is 9.47 Å². The molecule has 1 fully saturated rings. The van der Waals surface area contributed by atoms with Gasteiger partial charge in [0, 0.05) is 29.4 Å². The molecule has 26 heavy (non-hydrogen) atoms. The summed E-state index contributed by atoms with van der Waals surface area (Å²) < 4.78 is 9.97. The fourth-order valence-corrected chi connectivity index (χ4v) is 3.38. The number of thiol groups is 1. The largest absolute Gasteiger partial charge is 0.468 e. The minimum absolute atomic E-state index is 0. The number of hydrogen-bond donors (Lipinski definition) is 1. The molecular formula is C18H23Cl2NO4S. The molecule has 0 N–H and O–H groups in total. The van der Waals surface area contributed by atoms with E-state index in [1.807, 2.05) is 23.1 Å². The molecule has 0 amide bonds. The van der Waals surface area contributed by atoms with Crippen LogP contribution in [0.5, 0.6) is 0 Å². The SMILES string of the molecule is CCOC(=O)C=C1CN(C(C(=O)OC)c2ccccc2Cl)CCC1S.Cl. The van der Waals surface area contributed by atoms with Crippen LogP contribution in [0.2, 0.25) is 5.02 Å². The zero-order valence-electron chi connectivity index (χ0n) is 14.7. The van der Waals surface area contributed by atoms with Crippen molar-refractivity contribution in [2.45, 2.75) is 24.6 Å². The summed E-state index contributed by atoms with van der Waals surface area (Å²) >= 11 is 10.8. The Balaban J connectivity index is 0.00000338. The maximum Gasteiger partial charge on any atom is 0.330 e. The molecular weight excluding hydrogens is 397 g/mol. The number of likely N-dealkylation sites (tertiary alicyclic amines) is 1. The zero-order valence-corrected chi connectivity index (χ0v) is 17.2. The third kappa shape index (κ3) is 5.64. The van der Waals surface area contributed by atoms with Crippen LogP contribution in [0.3, 0.4) is 0 Å². The van der Waals surface area contributed by atoms with Crippen LogP contribution in [0.4, 0.5) is 0 Å². The van der Waals surface area contributed by atoms with Gasteiger partial charge in [-0.25, -0.2) is 9.59 Å². The third-order valence-corrected chi connectivity index (χ3v) is 5.02. The zero-order chi connectivity index (χ0) is 18.4. The number of benzene rings is 1. The van der Waals surface area contributed by atoms with Crippen molar-refractivity contribution in [1.29, 1.82) is 0 Å². The van der Waals surface area contributed by atoms with Crippen LogP contribution < -0.4 is 0 Å². The lowest BCUT2D eigenvalue weighted by Crippen LogP contribution is -2.42. The maximum atomic E-state index is 12.4. The molecule has 1 aliphatic heterocycles. The number of methoxy groups -OCH3 is 1. The number of halogens is 2. The van der Waals surface area contributed by atoms with Crippen LogP contribution in [0.25, 0.3) is 0 Å². The highest BCUT2D eigenvalue weighted by Gasteiger charge is 2.34. The molecule has 2 unspecified atom stereocenters. The molecule has 1 saturated heterocycles. The topological polar surface area (TPSA) is 55.8 Å². The average molecular weight is 420 g/mol. The molecule has 1 aromatic carbocycles. The van der Waals surface area contributed by atoms with Gasteiger partial charge in [0.05, 0.1) is 13.7 Å². The van der Waals surface area contributed by atoms with Crippen LogP contribution in [0.1, 0.15) is 24.9 Å². The van der Waals surface area contributed by atoms with Crippen molar-refractivity contribution >= 4 is 48.6 Å². The second-order valence-electron chi connectivity index (χ2n) is 5.69. The molecule has 1 aliphatic rings. The predicted octanol–water partition coefficient (Wildman–Crippen LogP) is 3.47. The summed E-state index contributed by atoms with van der Waals surface area (Å²) in [4.78, 5) is 26.2. The van der Waals surface area contributed by atoms with E-state index < -0.39 is 12.0 Å². The quantitative estimate of drug-likeness (QED) is 0.449. The number of carbonyl (C=O) groups is 2. The molecule has 0 aliphatic carbocycles. The Morgan fingerprint density at radius 2 is 2.12 bits per heavy atom. The number of ether oxygens (including phenoxy) is 2. The van der Waals surface area contributed by atoms with E-state index in [4.69, 9.17) is 21.1 Å². The van der Waals surface area contributed by atoms with Gasteiger partial charge in [-0.1, -0.05) is 29.8 Å². The summed E-state index contributed by atoms with van der Waals surface area (Å²) in [6.45, 7) is 3.12. The monoisotopic (exact) mass is 419 g/mol. The van der Waals surface area contributed by atoms with E-state index in [1.54, 1.807) is 13.0 Å². The first-order valence-corrected chi connectivity index (χ1v) is 8.99. The first-order chi connectivity index (χ1) is 12.0. The Morgan fingerprint density at radius 3 is 2.73 bits per heavy atom. The lowest BCUT2D eigenvalue weighted by molar-refractivity contribution is -0.147. The Bertz CT molecular complexity index is 668. The lowest BCUT2D eigenvalue weighted by Gasteiger charge is -2.36. The highest BCUT2D eigenvalue weighted by molar-refractivity contribution is 7.81. The Morgan fingerprint density at radius 1 is 1.42 bits per heavy atom. The second kappa shape index (κ2) is 10.8. The van der Waals surface area contributed by atoms with Crippen LogP contribution in [-0.2, 0) is 19.1 Å². The van der Waals surface area contributed by atoms with Crippen molar-refractivity contribution in [2.75, 3.05) is 26.8 Å². The van der Waals surface area contributed by atoms with Crippen LogP contribution in [-0.4, -0.2) is 48.9 Å². The molecule has 1 aromatic rings. The fourth-order valence-electron chi connectivity index (χ4n) is 2.87. The minimum Gasteiger partial charge on any atom is -0.468 e. The number of piperidine rings is 1. The van der Waals surface area contributed by atoms with E-state index in [-0.39, 0.29) is 23.6 Å². The van der Waals surface area contributed by atoms with Crippen molar-refractivity contribution < 1.29 is 19.1 Å². The summed E-state index contributed by atoms with van der Waals surface area (Å²) in [5.41, 5.74) is 1.50.